The third-order valence-electron chi connectivity index (χ3n) is 10.8. The van der Waals surface area contributed by atoms with Gasteiger partial charge in [0.15, 0.2) is 6.29 Å². The zero-order valence-corrected chi connectivity index (χ0v) is 34.5. The lowest BCUT2D eigenvalue weighted by atomic mass is 10.1. The van der Waals surface area contributed by atoms with Crippen LogP contribution in [0.25, 0.3) is 0 Å². The Bertz CT molecular complexity index is 1940. The summed E-state index contributed by atoms with van der Waals surface area (Å²) in [6.45, 7) is 2.22. The summed E-state index contributed by atoms with van der Waals surface area (Å²) in [6.07, 6.45) is -3.23. The highest BCUT2D eigenvalue weighted by Crippen LogP contribution is 2.29. The number of aldehydes is 1. The molecule has 2 aliphatic heterocycles. The Balaban J connectivity index is 1.15. The Morgan fingerprint density at radius 3 is 1.61 bits per heavy atom. The van der Waals surface area contributed by atoms with Gasteiger partial charge in [-0.1, -0.05) is 152 Å². The van der Waals surface area contributed by atoms with E-state index in [1.54, 1.807) is 5.06 Å². The lowest BCUT2D eigenvalue weighted by Gasteiger charge is -2.35. The van der Waals surface area contributed by atoms with E-state index in [1.165, 1.54) is 0 Å². The van der Waals surface area contributed by atoms with Crippen LogP contribution in [0.5, 0.6) is 0 Å². The lowest BCUT2D eigenvalue weighted by Crippen LogP contribution is -2.49. The van der Waals surface area contributed by atoms with E-state index in [9.17, 15) is 9.90 Å². The number of nitrogens with zero attached hydrogens (tertiary/aromatic N) is 1. The van der Waals surface area contributed by atoms with Gasteiger partial charge in [-0.15, -0.1) is 0 Å². The molecule has 5 aromatic rings. The van der Waals surface area contributed by atoms with Crippen LogP contribution in [0.3, 0.4) is 0 Å². The van der Waals surface area contributed by atoms with E-state index < -0.39 is 42.9 Å². The molecule has 0 spiro atoms. The van der Waals surface area contributed by atoms with E-state index in [-0.39, 0.29) is 52.3 Å². The predicted octanol–water partition coefficient (Wildman–Crippen LogP) is 7.24. The van der Waals surface area contributed by atoms with Gasteiger partial charge in [-0.2, -0.15) is 5.06 Å². The quantitative estimate of drug-likeness (QED) is 0.0601. The SMILES string of the molecule is O=C[C@@H]1CCCN1OCC(OCc1ccccc1)C(OCc1ccccc1)C(CO[C@@H]1O[C@H](COCc2ccccc2)[C@H](O)C1OCc1ccccc1)OCc1ccccc1. The molecule has 11 nitrogen and oxygen atoms in total. The molecule has 2 saturated heterocycles. The molecule has 61 heavy (non-hydrogen) atoms. The molecular formula is C50H57NO10. The molecule has 8 atom stereocenters. The van der Waals surface area contributed by atoms with Crippen molar-refractivity contribution in [2.45, 2.75) is 94.8 Å². The van der Waals surface area contributed by atoms with E-state index in [4.69, 9.17) is 38.0 Å². The maximum absolute atomic E-state index is 12.0. The van der Waals surface area contributed by atoms with Gasteiger partial charge in [-0.25, -0.2) is 0 Å². The van der Waals surface area contributed by atoms with Crippen LogP contribution in [0, 0.1) is 0 Å². The van der Waals surface area contributed by atoms with Gasteiger partial charge in [-0.05, 0) is 40.7 Å². The number of hydrogen-bond acceptors (Lipinski definition) is 11. The third-order valence-corrected chi connectivity index (χ3v) is 10.8. The van der Waals surface area contributed by atoms with Gasteiger partial charge >= 0.3 is 0 Å². The highest BCUT2D eigenvalue weighted by atomic mass is 16.7. The molecule has 2 aliphatic rings. The molecule has 0 radical (unpaired) electrons. The van der Waals surface area contributed by atoms with Gasteiger partial charge in [-0.3, -0.25) is 4.84 Å². The van der Waals surface area contributed by atoms with Gasteiger partial charge in [0.2, 0.25) is 0 Å². The number of rotatable bonds is 25. The molecule has 0 aromatic heterocycles. The molecule has 0 bridgehead atoms. The summed E-state index contributed by atoms with van der Waals surface area (Å²) in [4.78, 5) is 18.3. The Morgan fingerprint density at radius 2 is 1.08 bits per heavy atom. The molecule has 322 valence electrons. The zero-order chi connectivity index (χ0) is 41.9. The molecule has 0 amide bonds. The van der Waals surface area contributed by atoms with Crippen molar-refractivity contribution in [2.75, 3.05) is 26.4 Å². The fraction of sp³-hybridized carbons (Fsp3) is 0.380. The number of benzene rings is 5. The smallest absolute Gasteiger partial charge is 0.187 e. The van der Waals surface area contributed by atoms with Crippen LogP contribution >= 0.6 is 0 Å². The van der Waals surface area contributed by atoms with Crippen molar-refractivity contribution in [2.24, 2.45) is 0 Å². The van der Waals surface area contributed by atoms with Crippen molar-refractivity contribution in [1.82, 2.24) is 5.06 Å². The number of carbonyl (C=O) groups is 1. The molecular weight excluding hydrogens is 775 g/mol. The monoisotopic (exact) mass is 831 g/mol. The first-order valence-electron chi connectivity index (χ1n) is 21.2. The minimum Gasteiger partial charge on any atom is -0.387 e. The van der Waals surface area contributed by atoms with Gasteiger partial charge in [0.1, 0.15) is 42.9 Å². The molecule has 11 heteroatoms. The van der Waals surface area contributed by atoms with Crippen molar-refractivity contribution in [3.05, 3.63) is 179 Å². The van der Waals surface area contributed by atoms with Crippen molar-refractivity contribution >= 4 is 6.29 Å². The molecule has 1 N–H and O–H groups in total. The van der Waals surface area contributed by atoms with E-state index in [1.807, 2.05) is 152 Å². The third kappa shape index (κ3) is 13.7. The van der Waals surface area contributed by atoms with E-state index >= 15 is 0 Å². The predicted molar refractivity (Wildman–Crippen MR) is 229 cm³/mol. The molecule has 2 fully saturated rings. The summed E-state index contributed by atoms with van der Waals surface area (Å²) in [5.41, 5.74) is 4.87. The van der Waals surface area contributed by atoms with E-state index in [2.05, 4.69) is 0 Å². The Morgan fingerprint density at radius 1 is 0.607 bits per heavy atom. The second-order valence-electron chi connectivity index (χ2n) is 15.3. The average Bonchev–Trinajstić information content (AvgIpc) is 3.90. The molecule has 0 aliphatic carbocycles. The Kier molecular flexibility index (Phi) is 17.6. The maximum atomic E-state index is 12.0. The van der Waals surface area contributed by atoms with Gasteiger partial charge in [0.25, 0.3) is 0 Å². The first-order chi connectivity index (χ1) is 30.1. The van der Waals surface area contributed by atoms with Crippen LogP contribution in [-0.2, 0) is 75.8 Å². The topological polar surface area (TPSA) is 114 Å². The fourth-order valence-corrected chi connectivity index (χ4v) is 7.46. The number of carbonyl (C=O) groups excluding carboxylic acids is 1. The van der Waals surface area contributed by atoms with Crippen LogP contribution < -0.4 is 0 Å². The maximum Gasteiger partial charge on any atom is 0.187 e. The van der Waals surface area contributed by atoms with Crippen LogP contribution in [-0.4, -0.2) is 91.8 Å². The summed E-state index contributed by atoms with van der Waals surface area (Å²) in [6, 6.07) is 49.0. The molecule has 0 saturated carbocycles. The van der Waals surface area contributed by atoms with Crippen molar-refractivity contribution < 1.29 is 47.9 Å². The number of aliphatic hydroxyl groups excluding tert-OH is 1. The van der Waals surface area contributed by atoms with Crippen molar-refractivity contribution in [1.29, 1.82) is 0 Å². The average molecular weight is 832 g/mol. The van der Waals surface area contributed by atoms with Gasteiger partial charge < -0.3 is 43.1 Å². The Labute approximate surface area is 359 Å². The molecule has 2 heterocycles. The molecule has 4 unspecified atom stereocenters. The number of hydroxylamine groups is 2. The summed E-state index contributed by atoms with van der Waals surface area (Å²) in [5.74, 6) is 0. The summed E-state index contributed by atoms with van der Waals surface area (Å²) in [7, 11) is 0. The minimum atomic E-state index is -1.04. The van der Waals surface area contributed by atoms with Crippen LogP contribution in [0.15, 0.2) is 152 Å². The lowest BCUT2D eigenvalue weighted by molar-refractivity contribution is -0.240. The standard InChI is InChI=1S/C50H57NO10/c52-29-43-27-16-28-51(43)60-37-46(56-32-40-21-10-3-11-22-40)48(57-33-41-23-12-4-13-24-41)45(55-31-39-19-8-2-9-20-39)36-59-50-49(58-34-42-25-14-5-15-26-42)47(53)44(61-50)35-54-30-38-17-6-1-7-18-38/h1-15,17-26,29,43-50,53H,16,27-28,30-37H2/t43-,44+,45?,46?,47-,48?,49?,50+/m0/s1. The highest BCUT2D eigenvalue weighted by Gasteiger charge is 2.46. The minimum absolute atomic E-state index is 0.0155. The normalized spacial score (nSPS) is 21.9. The first kappa shape index (κ1) is 44.4. The molecule has 7 rings (SSSR count). The van der Waals surface area contributed by atoms with Gasteiger partial charge in [0.05, 0.1) is 58.9 Å². The number of ether oxygens (including phenoxy) is 7. The second-order valence-corrected chi connectivity index (χ2v) is 15.3. The highest BCUT2D eigenvalue weighted by molar-refractivity contribution is 5.57. The summed E-state index contributed by atoms with van der Waals surface area (Å²) >= 11 is 0. The number of aliphatic hydroxyl groups is 1. The van der Waals surface area contributed by atoms with E-state index in [0.717, 1.165) is 46.9 Å². The summed E-state index contributed by atoms with van der Waals surface area (Å²) in [5, 5.41) is 13.4. The van der Waals surface area contributed by atoms with E-state index in [0.29, 0.717) is 13.2 Å². The van der Waals surface area contributed by atoms with Crippen LogP contribution in [0.2, 0.25) is 0 Å². The number of hydrogen-bond donors (Lipinski definition) is 1. The fourth-order valence-electron chi connectivity index (χ4n) is 7.46. The Hall–Kier alpha value is -4.63. The van der Waals surface area contributed by atoms with Gasteiger partial charge in [0, 0.05) is 6.54 Å². The van der Waals surface area contributed by atoms with Crippen molar-refractivity contribution in [3.8, 4) is 0 Å². The van der Waals surface area contributed by atoms with Crippen LogP contribution in [0.1, 0.15) is 40.7 Å². The zero-order valence-electron chi connectivity index (χ0n) is 34.5. The summed E-state index contributed by atoms with van der Waals surface area (Å²) < 4.78 is 45.9. The van der Waals surface area contributed by atoms with Crippen molar-refractivity contribution in [3.63, 3.8) is 0 Å². The molecule has 5 aromatic carbocycles. The largest absolute Gasteiger partial charge is 0.387 e. The second kappa shape index (κ2) is 24.1. The first-order valence-corrected chi connectivity index (χ1v) is 21.2. The van der Waals surface area contributed by atoms with Crippen LogP contribution in [0.4, 0.5) is 0 Å².